The second kappa shape index (κ2) is 3.15. The summed E-state index contributed by atoms with van der Waals surface area (Å²) in [6.07, 6.45) is 2.70. The molecule has 1 nitrogen and oxygen atoms in total. The van der Waals surface area contributed by atoms with Crippen molar-refractivity contribution >= 4 is 23.1 Å². The minimum absolute atomic E-state index is 0.716. The second-order valence-electron chi connectivity index (χ2n) is 2.83. The summed E-state index contributed by atoms with van der Waals surface area (Å²) in [4.78, 5) is 4.49. The van der Waals surface area contributed by atoms with E-state index in [9.17, 15) is 0 Å². The van der Waals surface area contributed by atoms with Gasteiger partial charge in [-0.25, -0.2) is 4.98 Å². The first-order valence-corrected chi connectivity index (χ1v) is 5.83. The third-order valence-corrected chi connectivity index (χ3v) is 4.45. The molecule has 0 bridgehead atoms. The number of thiazole rings is 1. The van der Waals surface area contributed by atoms with E-state index < -0.39 is 0 Å². The molecule has 1 aromatic rings. The summed E-state index contributed by atoms with van der Waals surface area (Å²) in [5, 5.41) is 4.20. The van der Waals surface area contributed by atoms with E-state index in [0.717, 1.165) is 0 Å². The van der Waals surface area contributed by atoms with Crippen molar-refractivity contribution in [2.45, 2.75) is 25.0 Å². The lowest BCUT2D eigenvalue weighted by Crippen LogP contribution is -1.86. The van der Waals surface area contributed by atoms with Crippen LogP contribution in [0.25, 0.3) is 0 Å². The Morgan fingerprint density at radius 2 is 2.55 bits per heavy atom. The molecule has 0 amide bonds. The molecule has 1 aromatic heterocycles. The van der Waals surface area contributed by atoms with Crippen LogP contribution in [0.1, 0.15) is 28.8 Å². The van der Waals surface area contributed by atoms with Crippen molar-refractivity contribution in [1.29, 1.82) is 0 Å². The first kappa shape index (κ1) is 7.62. The highest BCUT2D eigenvalue weighted by Crippen LogP contribution is 2.40. The van der Waals surface area contributed by atoms with Gasteiger partial charge in [0.25, 0.3) is 0 Å². The van der Waals surface area contributed by atoms with Crippen molar-refractivity contribution < 1.29 is 0 Å². The number of hydrogen-bond donors (Lipinski definition) is 0. The number of thioether (sulfide) groups is 1. The van der Waals surface area contributed by atoms with Crippen LogP contribution in [0.3, 0.4) is 0 Å². The normalized spacial score (nSPS) is 24.3. The maximum Gasteiger partial charge on any atom is 0.106 e. The van der Waals surface area contributed by atoms with Gasteiger partial charge in [-0.2, -0.15) is 11.8 Å². The summed E-state index contributed by atoms with van der Waals surface area (Å²) in [5.41, 5.74) is 1.18. The molecular weight excluding hydrogens is 174 g/mol. The van der Waals surface area contributed by atoms with Crippen molar-refractivity contribution in [3.63, 3.8) is 0 Å². The highest BCUT2D eigenvalue weighted by molar-refractivity contribution is 7.99. The van der Waals surface area contributed by atoms with E-state index in [1.54, 1.807) is 0 Å². The fraction of sp³-hybridized carbons (Fsp3) is 0.625. The second-order valence-corrected chi connectivity index (χ2v) is 5.03. The van der Waals surface area contributed by atoms with Gasteiger partial charge in [0.05, 0.1) is 5.25 Å². The molecule has 0 N–H and O–H groups in total. The van der Waals surface area contributed by atoms with Crippen LogP contribution in [0.2, 0.25) is 0 Å². The van der Waals surface area contributed by atoms with Crippen LogP contribution >= 0.6 is 23.1 Å². The topological polar surface area (TPSA) is 12.9 Å². The molecule has 1 unspecified atom stereocenters. The molecule has 2 rings (SSSR count). The Morgan fingerprint density at radius 3 is 3.09 bits per heavy atom. The van der Waals surface area contributed by atoms with Crippen LogP contribution in [0, 0.1) is 6.92 Å². The van der Waals surface area contributed by atoms with Crippen LogP contribution in [0.15, 0.2) is 5.38 Å². The monoisotopic (exact) mass is 185 g/mol. The van der Waals surface area contributed by atoms with Gasteiger partial charge in [0.1, 0.15) is 5.01 Å². The standard InChI is InChI=1S/C8H11NS2/c1-6-5-11-8(9-6)7-3-2-4-10-7/h5,7H,2-4H2,1H3. The van der Waals surface area contributed by atoms with Gasteiger partial charge in [0.15, 0.2) is 0 Å². The predicted molar refractivity (Wildman–Crippen MR) is 51.3 cm³/mol. The van der Waals surface area contributed by atoms with Crippen LogP contribution in [0.5, 0.6) is 0 Å². The lowest BCUT2D eigenvalue weighted by Gasteiger charge is -2.01. The van der Waals surface area contributed by atoms with Gasteiger partial charge in [-0.15, -0.1) is 11.3 Å². The molecule has 60 valence electrons. The minimum atomic E-state index is 0.716. The maximum atomic E-state index is 4.49. The van der Waals surface area contributed by atoms with E-state index in [1.807, 2.05) is 11.3 Å². The van der Waals surface area contributed by atoms with Gasteiger partial charge >= 0.3 is 0 Å². The zero-order chi connectivity index (χ0) is 7.68. The van der Waals surface area contributed by atoms with Crippen molar-refractivity contribution in [2.75, 3.05) is 5.75 Å². The van der Waals surface area contributed by atoms with Gasteiger partial charge in [0.2, 0.25) is 0 Å². The quantitative estimate of drug-likeness (QED) is 0.667. The molecule has 1 saturated heterocycles. The molecule has 0 radical (unpaired) electrons. The third kappa shape index (κ3) is 1.59. The SMILES string of the molecule is Cc1csc(C2CCCS2)n1. The van der Waals surface area contributed by atoms with Crippen molar-refractivity contribution in [3.05, 3.63) is 16.1 Å². The van der Waals surface area contributed by atoms with E-state index in [-0.39, 0.29) is 0 Å². The average molecular weight is 185 g/mol. The average Bonchev–Trinajstić information content (AvgIpc) is 2.55. The molecule has 2 heterocycles. The Balaban J connectivity index is 2.15. The van der Waals surface area contributed by atoms with E-state index in [4.69, 9.17) is 0 Å². The molecule has 0 saturated carbocycles. The lowest BCUT2D eigenvalue weighted by molar-refractivity contribution is 0.820. The Labute approximate surface area is 75.2 Å². The summed E-state index contributed by atoms with van der Waals surface area (Å²) < 4.78 is 0. The Kier molecular flexibility index (Phi) is 2.18. The number of aromatic nitrogens is 1. The molecule has 0 spiro atoms. The van der Waals surface area contributed by atoms with E-state index >= 15 is 0 Å². The molecule has 1 aliphatic heterocycles. The van der Waals surface area contributed by atoms with Crippen LogP contribution < -0.4 is 0 Å². The van der Waals surface area contributed by atoms with E-state index in [2.05, 4.69) is 29.0 Å². The minimum Gasteiger partial charge on any atom is -0.245 e. The number of rotatable bonds is 1. The highest BCUT2D eigenvalue weighted by atomic mass is 32.2. The van der Waals surface area contributed by atoms with Gasteiger partial charge in [0, 0.05) is 11.1 Å². The fourth-order valence-corrected chi connectivity index (χ4v) is 3.62. The Bertz CT molecular complexity index is 238. The largest absolute Gasteiger partial charge is 0.245 e. The fourth-order valence-electron chi connectivity index (χ4n) is 1.29. The molecule has 1 aliphatic rings. The summed E-state index contributed by atoms with van der Waals surface area (Å²) in [7, 11) is 0. The maximum absolute atomic E-state index is 4.49. The van der Waals surface area contributed by atoms with Gasteiger partial charge < -0.3 is 0 Å². The van der Waals surface area contributed by atoms with E-state index in [1.165, 1.54) is 29.3 Å². The molecule has 3 heteroatoms. The van der Waals surface area contributed by atoms with Gasteiger partial charge in [-0.1, -0.05) is 0 Å². The van der Waals surface area contributed by atoms with Crippen molar-refractivity contribution in [1.82, 2.24) is 4.98 Å². The highest BCUT2D eigenvalue weighted by Gasteiger charge is 2.19. The first-order chi connectivity index (χ1) is 5.36. The van der Waals surface area contributed by atoms with Crippen LogP contribution in [0.4, 0.5) is 0 Å². The summed E-state index contributed by atoms with van der Waals surface area (Å²) in [6.45, 7) is 2.07. The molecule has 1 fully saturated rings. The zero-order valence-electron chi connectivity index (χ0n) is 6.54. The Hall–Kier alpha value is -0.0200. The molecular formula is C8H11NS2. The van der Waals surface area contributed by atoms with Crippen LogP contribution in [-0.2, 0) is 0 Å². The smallest absolute Gasteiger partial charge is 0.106 e. The zero-order valence-corrected chi connectivity index (χ0v) is 8.17. The van der Waals surface area contributed by atoms with Gasteiger partial charge in [-0.05, 0) is 25.5 Å². The molecule has 11 heavy (non-hydrogen) atoms. The van der Waals surface area contributed by atoms with Crippen LogP contribution in [-0.4, -0.2) is 10.7 Å². The molecule has 0 aromatic carbocycles. The lowest BCUT2D eigenvalue weighted by atomic mass is 10.3. The van der Waals surface area contributed by atoms with E-state index in [0.29, 0.717) is 5.25 Å². The number of aryl methyl sites for hydroxylation is 1. The predicted octanol–water partition coefficient (Wildman–Crippen LogP) is 3.02. The molecule has 0 aliphatic carbocycles. The summed E-state index contributed by atoms with van der Waals surface area (Å²) in [6, 6.07) is 0. The third-order valence-electron chi connectivity index (χ3n) is 1.84. The van der Waals surface area contributed by atoms with Crippen molar-refractivity contribution in [3.8, 4) is 0 Å². The number of nitrogens with zero attached hydrogens (tertiary/aromatic N) is 1. The Morgan fingerprint density at radius 1 is 1.64 bits per heavy atom. The van der Waals surface area contributed by atoms with Crippen molar-refractivity contribution in [2.24, 2.45) is 0 Å². The molecule has 1 atom stereocenters. The summed E-state index contributed by atoms with van der Waals surface area (Å²) >= 11 is 3.87. The first-order valence-electron chi connectivity index (χ1n) is 3.90. The van der Waals surface area contributed by atoms with Gasteiger partial charge in [-0.3, -0.25) is 0 Å². The number of hydrogen-bond acceptors (Lipinski definition) is 3. The summed E-state index contributed by atoms with van der Waals surface area (Å²) in [5.74, 6) is 1.32.